The molecule has 196 valence electrons. The predicted octanol–water partition coefficient (Wildman–Crippen LogP) is 5.87. The van der Waals surface area contributed by atoms with E-state index in [2.05, 4.69) is 25.4 Å². The van der Waals surface area contributed by atoms with Crippen molar-refractivity contribution < 1.29 is 41.7 Å². The Morgan fingerprint density at radius 3 is 1.52 bits per heavy atom. The topological polar surface area (TPSA) is 107 Å². The second-order valence-electron chi connectivity index (χ2n) is 5.55. The molecule has 0 aromatic heterocycles. The Morgan fingerprint density at radius 1 is 0.758 bits per heavy atom. The largest absolute Gasteiger partial charge is 0.463 e. The van der Waals surface area contributed by atoms with Crippen LogP contribution < -0.4 is 0 Å². The highest BCUT2D eigenvalue weighted by atomic mass is 79.9. The van der Waals surface area contributed by atoms with E-state index in [1.165, 1.54) is 18.2 Å². The SMILES string of the molecule is CCOC(=O)/C=C/CBr.CCOC(=O)/C=C/CP(C)(=O)OCC.CCOP(OCC)OCC. The second-order valence-corrected chi connectivity index (χ2v) is 10.1. The summed E-state index contributed by atoms with van der Waals surface area (Å²) in [4.78, 5) is 21.3. The lowest BCUT2D eigenvalue weighted by Crippen LogP contribution is -1.99. The van der Waals surface area contributed by atoms with Gasteiger partial charge in [-0.05, 0) is 41.5 Å². The van der Waals surface area contributed by atoms with Crippen LogP contribution in [-0.4, -0.2) is 69.7 Å². The molecule has 0 fully saturated rings. The average molecular weight is 579 g/mol. The van der Waals surface area contributed by atoms with E-state index in [9.17, 15) is 14.2 Å². The molecule has 0 aromatic carbocycles. The summed E-state index contributed by atoms with van der Waals surface area (Å²) in [6.45, 7) is 15.7. The van der Waals surface area contributed by atoms with Crippen LogP contribution in [-0.2, 0) is 41.7 Å². The second kappa shape index (κ2) is 27.6. The number of hydrogen-bond acceptors (Lipinski definition) is 9. The van der Waals surface area contributed by atoms with Crippen molar-refractivity contribution in [3.8, 4) is 0 Å². The summed E-state index contributed by atoms with van der Waals surface area (Å²) in [7, 11) is -3.62. The highest BCUT2D eigenvalue weighted by Crippen LogP contribution is 2.42. The first-order chi connectivity index (χ1) is 15.7. The maximum absolute atomic E-state index is 11.5. The molecule has 0 radical (unpaired) electrons. The molecule has 0 saturated carbocycles. The smallest absolute Gasteiger partial charge is 0.332 e. The minimum atomic E-state index is -2.56. The maximum atomic E-state index is 11.5. The van der Waals surface area contributed by atoms with Crippen molar-refractivity contribution >= 4 is 43.8 Å². The van der Waals surface area contributed by atoms with Gasteiger partial charge in [0.1, 0.15) is 0 Å². The summed E-state index contributed by atoms with van der Waals surface area (Å²) in [6, 6.07) is 0. The molecule has 0 bridgehead atoms. The highest BCUT2D eigenvalue weighted by molar-refractivity contribution is 9.09. The number of halogens is 1. The molecular weight excluding hydrogens is 538 g/mol. The number of carbonyl (C=O) groups is 2. The average Bonchev–Trinajstić information content (AvgIpc) is 2.74. The Kier molecular flexibility index (Phi) is 31.0. The van der Waals surface area contributed by atoms with E-state index in [1.54, 1.807) is 33.5 Å². The summed E-state index contributed by atoms with van der Waals surface area (Å²) in [5.74, 6) is -0.694. The molecule has 0 N–H and O–H groups in total. The molecule has 12 heteroatoms. The zero-order chi connectivity index (χ0) is 26.0. The van der Waals surface area contributed by atoms with Crippen molar-refractivity contribution in [1.29, 1.82) is 0 Å². The van der Waals surface area contributed by atoms with Gasteiger partial charge in [0.25, 0.3) is 0 Å². The van der Waals surface area contributed by atoms with Crippen LogP contribution in [0.1, 0.15) is 41.5 Å². The highest BCUT2D eigenvalue weighted by Gasteiger charge is 2.12. The van der Waals surface area contributed by atoms with Gasteiger partial charge in [0.15, 0.2) is 0 Å². The van der Waals surface area contributed by atoms with Gasteiger partial charge in [0.2, 0.25) is 7.37 Å². The number of alkyl halides is 1. The first kappa shape index (κ1) is 37.0. The Hall–Kier alpha value is -0.600. The molecule has 0 heterocycles. The van der Waals surface area contributed by atoms with Crippen molar-refractivity contribution in [1.82, 2.24) is 0 Å². The number of hydrogen-bond donors (Lipinski definition) is 0. The summed E-state index contributed by atoms with van der Waals surface area (Å²) in [5, 5.41) is 0.686. The van der Waals surface area contributed by atoms with Crippen LogP contribution in [0.25, 0.3) is 0 Å². The molecule has 0 saturated heterocycles. The van der Waals surface area contributed by atoms with Crippen molar-refractivity contribution in [2.45, 2.75) is 41.5 Å². The fourth-order valence-corrected chi connectivity index (χ4v) is 3.80. The van der Waals surface area contributed by atoms with Crippen LogP contribution >= 0.6 is 31.9 Å². The number of ether oxygens (including phenoxy) is 2. The summed E-state index contributed by atoms with van der Waals surface area (Å²) >= 11 is 3.13. The third-order valence-electron chi connectivity index (χ3n) is 2.71. The van der Waals surface area contributed by atoms with Gasteiger partial charge in [-0.1, -0.05) is 28.1 Å². The monoisotopic (exact) mass is 578 g/mol. The third-order valence-corrected chi connectivity index (χ3v) is 6.17. The molecule has 1 atom stereocenters. The lowest BCUT2D eigenvalue weighted by molar-refractivity contribution is -0.138. The lowest BCUT2D eigenvalue weighted by Gasteiger charge is -2.12. The van der Waals surface area contributed by atoms with Gasteiger partial charge in [-0.3, -0.25) is 4.57 Å². The van der Waals surface area contributed by atoms with E-state index in [1.807, 2.05) is 20.8 Å². The molecule has 0 amide bonds. The van der Waals surface area contributed by atoms with E-state index in [4.69, 9.17) is 18.1 Å². The fourth-order valence-electron chi connectivity index (χ4n) is 1.62. The van der Waals surface area contributed by atoms with Gasteiger partial charge in [-0.15, -0.1) is 0 Å². The Labute approximate surface area is 209 Å². The minimum absolute atomic E-state index is 0.264. The number of allylic oxidation sites excluding steroid dienone is 2. The Morgan fingerprint density at radius 2 is 1.18 bits per heavy atom. The van der Waals surface area contributed by atoms with Gasteiger partial charge in [0.05, 0.1) is 39.6 Å². The van der Waals surface area contributed by atoms with Crippen molar-refractivity contribution in [3.05, 3.63) is 24.3 Å². The van der Waals surface area contributed by atoms with Crippen LogP contribution in [0.5, 0.6) is 0 Å². The summed E-state index contributed by atoms with van der Waals surface area (Å²) in [5.41, 5.74) is 0. The normalized spacial score (nSPS) is 12.5. The first-order valence-corrected chi connectivity index (χ1v) is 15.3. The van der Waals surface area contributed by atoms with Gasteiger partial charge in [-0.25, -0.2) is 9.59 Å². The molecule has 1 unspecified atom stereocenters. The van der Waals surface area contributed by atoms with E-state index in [0.717, 1.165) is 0 Å². The first-order valence-electron chi connectivity index (χ1n) is 10.8. The van der Waals surface area contributed by atoms with Crippen LogP contribution in [0.3, 0.4) is 0 Å². The van der Waals surface area contributed by atoms with Gasteiger partial charge in [0, 0.05) is 30.3 Å². The van der Waals surface area contributed by atoms with E-state index < -0.39 is 21.9 Å². The Bertz CT molecular complexity index is 558. The van der Waals surface area contributed by atoms with Crippen LogP contribution in [0.4, 0.5) is 0 Å². The maximum Gasteiger partial charge on any atom is 0.332 e. The molecule has 0 aliphatic heterocycles. The zero-order valence-electron chi connectivity index (χ0n) is 20.9. The van der Waals surface area contributed by atoms with Gasteiger partial charge < -0.3 is 27.6 Å². The Balaban J connectivity index is -0.000000423. The molecule has 0 rings (SSSR count). The third kappa shape index (κ3) is 31.4. The molecule has 33 heavy (non-hydrogen) atoms. The summed E-state index contributed by atoms with van der Waals surface area (Å²) in [6.07, 6.45) is 6.16. The fraction of sp³-hybridized carbons (Fsp3) is 0.714. The molecular formula is C21H41BrO9P2. The molecule has 0 spiro atoms. The number of carbonyl (C=O) groups excluding carboxylic acids is 2. The van der Waals surface area contributed by atoms with Crippen molar-refractivity contribution in [3.63, 3.8) is 0 Å². The van der Waals surface area contributed by atoms with E-state index >= 15 is 0 Å². The van der Waals surface area contributed by atoms with Crippen LogP contribution in [0, 0.1) is 0 Å². The van der Waals surface area contributed by atoms with E-state index in [-0.39, 0.29) is 12.1 Å². The van der Waals surface area contributed by atoms with Gasteiger partial charge >= 0.3 is 20.5 Å². The standard InChI is InChI=1S/C9H17O4P.C6H9BrO2.C6H15O3P/c1-4-12-9(10)7-6-8-14(3,11)13-5-2;1-2-9-6(8)4-3-5-7;1-4-7-10(8-5-2)9-6-3/h6-7H,4-5,8H2,1-3H3;3-4H,2,5H2,1H3;4-6H2,1-3H3/b7-6+;4-3+;. The van der Waals surface area contributed by atoms with Crippen LogP contribution in [0.15, 0.2) is 24.3 Å². The lowest BCUT2D eigenvalue weighted by atomic mass is 10.5. The number of rotatable bonds is 15. The number of esters is 2. The zero-order valence-corrected chi connectivity index (χ0v) is 24.3. The molecule has 0 aromatic rings. The van der Waals surface area contributed by atoms with Crippen LogP contribution in [0.2, 0.25) is 0 Å². The van der Waals surface area contributed by atoms with Gasteiger partial charge in [-0.2, -0.15) is 0 Å². The minimum Gasteiger partial charge on any atom is -0.463 e. The molecule has 0 aliphatic rings. The van der Waals surface area contributed by atoms with Crippen molar-refractivity contribution in [2.24, 2.45) is 0 Å². The quantitative estimate of drug-likeness (QED) is 0.102. The molecule has 9 nitrogen and oxygen atoms in total. The predicted molar refractivity (Wildman–Crippen MR) is 137 cm³/mol. The molecule has 0 aliphatic carbocycles. The van der Waals surface area contributed by atoms with E-state index in [0.29, 0.717) is 45.0 Å². The van der Waals surface area contributed by atoms with Crippen molar-refractivity contribution in [2.75, 3.05) is 57.8 Å². The summed E-state index contributed by atoms with van der Waals surface area (Å²) < 4.78 is 41.2.